The summed E-state index contributed by atoms with van der Waals surface area (Å²) in [5, 5.41) is 10.3. The second-order valence-electron chi connectivity index (χ2n) is 5.42. The fourth-order valence-corrected chi connectivity index (χ4v) is 2.86. The molecule has 1 N–H and O–H groups in total. The van der Waals surface area contributed by atoms with E-state index in [0.29, 0.717) is 0 Å². The lowest BCUT2D eigenvalue weighted by molar-refractivity contribution is -0.119. The van der Waals surface area contributed by atoms with E-state index in [1.807, 2.05) is 60.7 Å². The topological polar surface area (TPSA) is 63.6 Å². The van der Waals surface area contributed by atoms with E-state index in [4.69, 9.17) is 4.74 Å². The van der Waals surface area contributed by atoms with Crippen LogP contribution in [0.1, 0.15) is 17.0 Å². The highest BCUT2D eigenvalue weighted by Crippen LogP contribution is 2.36. The summed E-state index contributed by atoms with van der Waals surface area (Å²) in [7, 11) is 1.33. The van der Waals surface area contributed by atoms with Crippen LogP contribution in [0, 0.1) is 0 Å². The summed E-state index contributed by atoms with van der Waals surface area (Å²) in [6.07, 6.45) is 1.02. The van der Waals surface area contributed by atoms with Crippen molar-refractivity contribution in [1.29, 1.82) is 0 Å². The highest BCUT2D eigenvalue weighted by atomic mass is 16.5. The maximum absolute atomic E-state index is 12.7. The largest absolute Gasteiger partial charge is 0.504 e. The maximum atomic E-state index is 12.7. The van der Waals surface area contributed by atoms with E-state index in [1.54, 1.807) is 0 Å². The Morgan fingerprint density at radius 3 is 1.83 bits per heavy atom. The zero-order chi connectivity index (χ0) is 17.1. The molecule has 4 nitrogen and oxygen atoms in total. The van der Waals surface area contributed by atoms with E-state index in [9.17, 15) is 14.7 Å². The average molecular weight is 320 g/mol. The highest BCUT2D eigenvalue weighted by molar-refractivity contribution is 6.21. The molecule has 1 aliphatic carbocycles. The standard InChI is InChI=1S/C20H16O4/c1-24-16-12-15(21)19(22)18(20(16)23)17(13-8-4-2-5-9-13)14-10-6-3-7-11-14/h2-12,17,22H,1H3. The van der Waals surface area contributed by atoms with Gasteiger partial charge in [0.1, 0.15) is 0 Å². The molecule has 0 fully saturated rings. The molecule has 1 aliphatic rings. The third-order valence-electron chi connectivity index (χ3n) is 3.99. The van der Waals surface area contributed by atoms with Crippen molar-refractivity contribution in [3.05, 3.63) is 95.0 Å². The second-order valence-corrected chi connectivity index (χ2v) is 5.42. The first-order valence-electron chi connectivity index (χ1n) is 7.51. The molecule has 0 aliphatic heterocycles. The third kappa shape index (κ3) is 2.74. The molecule has 0 amide bonds. The van der Waals surface area contributed by atoms with Gasteiger partial charge in [0.15, 0.2) is 11.5 Å². The van der Waals surface area contributed by atoms with Gasteiger partial charge in [-0.05, 0) is 11.1 Å². The summed E-state index contributed by atoms with van der Waals surface area (Å²) in [4.78, 5) is 24.8. The van der Waals surface area contributed by atoms with Crippen LogP contribution in [0.5, 0.6) is 0 Å². The lowest BCUT2D eigenvalue weighted by Crippen LogP contribution is -2.25. The number of ketones is 2. The number of ether oxygens (including phenoxy) is 1. The zero-order valence-electron chi connectivity index (χ0n) is 13.1. The number of hydrogen-bond donors (Lipinski definition) is 1. The van der Waals surface area contributed by atoms with Gasteiger partial charge in [-0.25, -0.2) is 0 Å². The monoisotopic (exact) mass is 320 g/mol. The molecule has 0 heterocycles. The molecular weight excluding hydrogens is 304 g/mol. The Bertz CT molecular complexity index is 793. The number of allylic oxidation sites excluding steroid dienone is 2. The minimum Gasteiger partial charge on any atom is -0.504 e. The molecule has 0 radical (unpaired) electrons. The summed E-state index contributed by atoms with van der Waals surface area (Å²) < 4.78 is 5.02. The quantitative estimate of drug-likeness (QED) is 0.878. The Hall–Kier alpha value is -3.14. The van der Waals surface area contributed by atoms with Gasteiger partial charge in [-0.1, -0.05) is 60.7 Å². The van der Waals surface area contributed by atoms with Crippen molar-refractivity contribution in [2.75, 3.05) is 7.11 Å². The van der Waals surface area contributed by atoms with Gasteiger partial charge in [-0.2, -0.15) is 0 Å². The summed E-state index contributed by atoms with van der Waals surface area (Å²) in [6, 6.07) is 18.6. The summed E-state index contributed by atoms with van der Waals surface area (Å²) in [5.74, 6) is -2.25. The van der Waals surface area contributed by atoms with E-state index < -0.39 is 23.2 Å². The molecular formula is C20H16O4. The van der Waals surface area contributed by atoms with Crippen LogP contribution in [0.25, 0.3) is 0 Å². The predicted octanol–water partition coefficient (Wildman–Crippen LogP) is 3.31. The molecule has 0 saturated heterocycles. The lowest BCUT2D eigenvalue weighted by atomic mass is 9.80. The predicted molar refractivity (Wildman–Crippen MR) is 89.5 cm³/mol. The molecule has 4 heteroatoms. The van der Waals surface area contributed by atoms with Crippen LogP contribution in [0.2, 0.25) is 0 Å². The molecule has 0 spiro atoms. The van der Waals surface area contributed by atoms with Gasteiger partial charge in [0.2, 0.25) is 11.6 Å². The Balaban J connectivity index is 2.21. The van der Waals surface area contributed by atoms with Crippen molar-refractivity contribution < 1.29 is 19.4 Å². The van der Waals surface area contributed by atoms with Gasteiger partial charge in [0.05, 0.1) is 12.7 Å². The Labute approximate surface area is 139 Å². The van der Waals surface area contributed by atoms with Crippen LogP contribution in [0.15, 0.2) is 83.8 Å². The number of aliphatic hydroxyl groups excluding tert-OH is 1. The summed E-state index contributed by atoms with van der Waals surface area (Å²) in [5.41, 5.74) is 1.66. The molecule has 0 saturated carbocycles. The van der Waals surface area contributed by atoms with Gasteiger partial charge in [-0.3, -0.25) is 9.59 Å². The van der Waals surface area contributed by atoms with E-state index in [0.717, 1.165) is 17.2 Å². The lowest BCUT2D eigenvalue weighted by Gasteiger charge is -2.24. The number of carbonyl (C=O) groups excluding carboxylic acids is 2. The average Bonchev–Trinajstić information content (AvgIpc) is 2.63. The van der Waals surface area contributed by atoms with Gasteiger partial charge in [0, 0.05) is 12.0 Å². The van der Waals surface area contributed by atoms with Gasteiger partial charge < -0.3 is 9.84 Å². The minimum absolute atomic E-state index is 0.0387. The van der Waals surface area contributed by atoms with Crippen molar-refractivity contribution in [2.24, 2.45) is 0 Å². The Morgan fingerprint density at radius 1 is 0.875 bits per heavy atom. The number of carbonyl (C=O) groups is 2. The number of Topliss-reactive ketones (excluding diaryl/α,β-unsaturated/α-hetero) is 1. The van der Waals surface area contributed by atoms with Gasteiger partial charge in [-0.15, -0.1) is 0 Å². The van der Waals surface area contributed by atoms with Gasteiger partial charge >= 0.3 is 0 Å². The highest BCUT2D eigenvalue weighted by Gasteiger charge is 2.35. The first-order valence-corrected chi connectivity index (χ1v) is 7.51. The van der Waals surface area contributed by atoms with Crippen molar-refractivity contribution in [3.63, 3.8) is 0 Å². The number of aliphatic hydroxyl groups is 1. The molecule has 0 bridgehead atoms. The summed E-state index contributed by atoms with van der Waals surface area (Å²) >= 11 is 0. The molecule has 24 heavy (non-hydrogen) atoms. The van der Waals surface area contributed by atoms with Crippen LogP contribution in [-0.4, -0.2) is 23.8 Å². The first-order chi connectivity index (χ1) is 11.6. The van der Waals surface area contributed by atoms with Crippen molar-refractivity contribution in [1.82, 2.24) is 0 Å². The molecule has 120 valence electrons. The minimum atomic E-state index is -0.627. The van der Waals surface area contributed by atoms with Crippen molar-refractivity contribution in [3.8, 4) is 0 Å². The second kappa shape index (κ2) is 6.54. The Kier molecular flexibility index (Phi) is 4.29. The van der Waals surface area contributed by atoms with E-state index in [2.05, 4.69) is 0 Å². The van der Waals surface area contributed by atoms with Gasteiger partial charge in [0.25, 0.3) is 0 Å². The van der Waals surface area contributed by atoms with Crippen LogP contribution in [0.4, 0.5) is 0 Å². The van der Waals surface area contributed by atoms with E-state index in [1.165, 1.54) is 7.11 Å². The van der Waals surface area contributed by atoms with E-state index >= 15 is 0 Å². The van der Waals surface area contributed by atoms with Crippen LogP contribution >= 0.6 is 0 Å². The van der Waals surface area contributed by atoms with Crippen LogP contribution in [0.3, 0.4) is 0 Å². The Morgan fingerprint density at radius 2 is 1.38 bits per heavy atom. The van der Waals surface area contributed by atoms with Crippen molar-refractivity contribution >= 4 is 11.6 Å². The summed E-state index contributed by atoms with van der Waals surface area (Å²) in [6.45, 7) is 0. The first kappa shape index (κ1) is 15.7. The molecule has 2 aromatic rings. The normalized spacial score (nSPS) is 14.8. The van der Waals surface area contributed by atoms with Crippen LogP contribution < -0.4 is 0 Å². The van der Waals surface area contributed by atoms with Crippen LogP contribution in [-0.2, 0) is 14.3 Å². The SMILES string of the molecule is COC1=CC(=O)C(O)=C(C(c2ccccc2)c2ccccc2)C1=O. The molecule has 0 unspecified atom stereocenters. The van der Waals surface area contributed by atoms with Crippen molar-refractivity contribution in [2.45, 2.75) is 5.92 Å². The maximum Gasteiger partial charge on any atom is 0.228 e. The fourth-order valence-electron chi connectivity index (χ4n) is 2.86. The molecule has 3 rings (SSSR count). The molecule has 2 aromatic carbocycles. The number of rotatable bonds is 4. The zero-order valence-corrected chi connectivity index (χ0v) is 13.1. The number of hydrogen-bond acceptors (Lipinski definition) is 4. The number of benzene rings is 2. The molecule has 0 aromatic heterocycles. The molecule has 0 atom stereocenters. The fraction of sp³-hybridized carbons (Fsp3) is 0.100. The number of methoxy groups -OCH3 is 1. The third-order valence-corrected chi connectivity index (χ3v) is 3.99. The smallest absolute Gasteiger partial charge is 0.228 e. The van der Waals surface area contributed by atoms with E-state index in [-0.39, 0.29) is 11.3 Å².